The van der Waals surface area contributed by atoms with Crippen molar-refractivity contribution < 1.29 is 18.4 Å². The lowest BCUT2D eigenvalue weighted by Gasteiger charge is -2.43. The van der Waals surface area contributed by atoms with Crippen molar-refractivity contribution in [1.82, 2.24) is 0 Å². The molecule has 1 aliphatic rings. The third kappa shape index (κ3) is 6.28. The highest BCUT2D eigenvalue weighted by Crippen LogP contribution is 2.46. The predicted molar refractivity (Wildman–Crippen MR) is 136 cm³/mol. The van der Waals surface area contributed by atoms with Crippen LogP contribution >= 0.6 is 0 Å². The van der Waals surface area contributed by atoms with E-state index in [4.69, 9.17) is 13.6 Å². The van der Waals surface area contributed by atoms with Crippen LogP contribution in [-0.2, 0) is 18.4 Å². The fourth-order valence-corrected chi connectivity index (χ4v) is 11.1. The lowest BCUT2D eigenvalue weighted by Crippen LogP contribution is -2.47. The van der Waals surface area contributed by atoms with Crippen LogP contribution in [0.1, 0.15) is 82.1 Å². The number of rotatable bonds is 8. The van der Waals surface area contributed by atoms with Gasteiger partial charge >= 0.3 is 5.97 Å². The van der Waals surface area contributed by atoms with Gasteiger partial charge in [0.2, 0.25) is 8.32 Å². The molecule has 6 heteroatoms. The maximum absolute atomic E-state index is 12.9. The molecule has 180 valence electrons. The number of methoxy groups -OCH3 is 1. The molecule has 0 spiro atoms. The van der Waals surface area contributed by atoms with E-state index in [2.05, 4.69) is 88.4 Å². The third-order valence-corrected chi connectivity index (χ3v) is 17.7. The minimum Gasteiger partial charge on any atom is -0.546 e. The van der Waals surface area contributed by atoms with Crippen molar-refractivity contribution in [3.8, 4) is 0 Å². The quantitative estimate of drug-likeness (QED) is 0.268. The first kappa shape index (κ1) is 28.0. The van der Waals surface area contributed by atoms with Gasteiger partial charge in [-0.1, -0.05) is 69.2 Å². The number of carbonyl (C=O) groups excluding carboxylic acids is 1. The number of allylic oxidation sites excluding steroid dienone is 3. The van der Waals surface area contributed by atoms with Crippen LogP contribution in [0.2, 0.25) is 34.8 Å². The Hall–Kier alpha value is -1.02. The van der Waals surface area contributed by atoms with Crippen LogP contribution in [0.4, 0.5) is 0 Å². The van der Waals surface area contributed by atoms with Crippen LogP contribution in [0, 0.1) is 5.92 Å². The van der Waals surface area contributed by atoms with Crippen molar-refractivity contribution in [3.63, 3.8) is 0 Å². The predicted octanol–water partition coefficient (Wildman–Crippen LogP) is 7.94. The Morgan fingerprint density at radius 2 is 1.48 bits per heavy atom. The minimum atomic E-state index is -2.12. The zero-order chi connectivity index (χ0) is 24.4. The molecule has 0 radical (unpaired) electrons. The van der Waals surface area contributed by atoms with E-state index < -0.39 is 16.6 Å². The molecule has 0 aromatic rings. The van der Waals surface area contributed by atoms with Gasteiger partial charge in [0.15, 0.2) is 0 Å². The lowest BCUT2D eigenvalue weighted by atomic mass is 10.1. The van der Waals surface area contributed by atoms with E-state index in [0.29, 0.717) is 35.0 Å². The highest BCUT2D eigenvalue weighted by atomic mass is 28.4. The molecule has 1 aliphatic carbocycles. The van der Waals surface area contributed by atoms with Gasteiger partial charge in [0.1, 0.15) is 0 Å². The number of hydrogen-bond acceptors (Lipinski definition) is 4. The first-order valence-electron chi connectivity index (χ1n) is 11.9. The Morgan fingerprint density at radius 1 is 1.00 bits per heavy atom. The molecule has 4 nitrogen and oxygen atoms in total. The molecule has 0 heterocycles. The molecule has 0 N–H and O–H groups in total. The Labute approximate surface area is 194 Å². The van der Waals surface area contributed by atoms with Crippen molar-refractivity contribution in [3.05, 3.63) is 23.2 Å². The van der Waals surface area contributed by atoms with Gasteiger partial charge in [0, 0.05) is 12.8 Å². The molecule has 0 aliphatic heterocycles. The number of carbonyl (C=O) groups is 1. The fraction of sp³-hybridized carbons (Fsp3) is 0.800. The molecule has 0 fully saturated rings. The fourth-order valence-electron chi connectivity index (χ4n) is 4.65. The molecule has 0 amide bonds. The summed E-state index contributed by atoms with van der Waals surface area (Å²) < 4.78 is 18.9. The Kier molecular flexibility index (Phi) is 9.29. The molecule has 0 saturated carbocycles. The number of esters is 1. The largest absolute Gasteiger partial charge is 0.546 e. The summed E-state index contributed by atoms with van der Waals surface area (Å²) in [4.78, 5) is 12.9. The van der Waals surface area contributed by atoms with E-state index in [0.717, 1.165) is 11.5 Å². The molecule has 1 atom stereocenters. The molecule has 0 unspecified atom stereocenters. The standard InChI is InChI=1S/C25H48O4Si2/c1-17(2)31(18(3)4,19(5)6)28-21-14-20(7)15-23(22(16-21)24(26)27-11)29-30(12,13)25(8,9)10/h14,17-20H,15-16H2,1-13H3/t20-/m1/s1. The molecule has 0 aromatic heterocycles. The first-order valence-corrected chi connectivity index (χ1v) is 16.9. The summed E-state index contributed by atoms with van der Waals surface area (Å²) in [5.74, 6) is 1.65. The van der Waals surface area contributed by atoms with Crippen molar-refractivity contribution in [1.29, 1.82) is 0 Å². The summed E-state index contributed by atoms with van der Waals surface area (Å²) in [6, 6.07) is 0. The van der Waals surface area contributed by atoms with Crippen LogP contribution in [0.15, 0.2) is 23.2 Å². The van der Waals surface area contributed by atoms with Crippen molar-refractivity contribution in [2.24, 2.45) is 5.92 Å². The molecule has 0 bridgehead atoms. The molecular weight excluding hydrogens is 420 g/mol. The van der Waals surface area contributed by atoms with E-state index in [1.807, 2.05) is 0 Å². The molecule has 31 heavy (non-hydrogen) atoms. The van der Waals surface area contributed by atoms with Gasteiger partial charge < -0.3 is 13.6 Å². The average molecular weight is 469 g/mol. The summed E-state index contributed by atoms with van der Waals surface area (Å²) in [5.41, 5.74) is 2.04. The molecular formula is C25H48O4Si2. The van der Waals surface area contributed by atoms with Gasteiger partial charge in [-0.2, -0.15) is 0 Å². The van der Waals surface area contributed by atoms with E-state index in [9.17, 15) is 4.79 Å². The summed E-state index contributed by atoms with van der Waals surface area (Å²) in [7, 11) is -2.75. The normalized spacial score (nSPS) is 19.0. The first-order chi connectivity index (χ1) is 14.0. The van der Waals surface area contributed by atoms with E-state index in [1.165, 1.54) is 7.11 Å². The maximum Gasteiger partial charge on any atom is 0.337 e. The Balaban J connectivity index is 3.48. The summed E-state index contributed by atoms with van der Waals surface area (Å²) in [6.45, 7) is 27.0. The SMILES string of the molecule is COC(=O)C1=C(O[Si](C)(C)C(C)(C)C)C[C@H](C)C=C(O[Si](C(C)C)(C(C)C)C(C)C)C1. The zero-order valence-electron chi connectivity index (χ0n) is 22.4. The second-order valence-corrected chi connectivity index (χ2v) is 21.8. The highest BCUT2D eigenvalue weighted by Gasteiger charge is 2.48. The van der Waals surface area contributed by atoms with Gasteiger partial charge in [0.25, 0.3) is 8.32 Å². The number of ether oxygens (including phenoxy) is 1. The Morgan fingerprint density at radius 3 is 1.87 bits per heavy atom. The summed E-state index contributed by atoms with van der Waals surface area (Å²) in [6.07, 6.45) is 3.37. The second kappa shape index (κ2) is 10.3. The molecule has 0 saturated heterocycles. The van der Waals surface area contributed by atoms with Crippen molar-refractivity contribution in [2.75, 3.05) is 7.11 Å². The third-order valence-electron chi connectivity index (χ3n) is 7.30. The van der Waals surface area contributed by atoms with Gasteiger partial charge in [-0.15, -0.1) is 0 Å². The summed E-state index contributed by atoms with van der Waals surface area (Å²) in [5, 5.41) is 0.0541. The molecule has 1 rings (SSSR count). The number of hydrogen-bond donors (Lipinski definition) is 0. The topological polar surface area (TPSA) is 44.8 Å². The van der Waals surface area contributed by atoms with E-state index in [-0.39, 0.29) is 16.9 Å². The van der Waals surface area contributed by atoms with Gasteiger partial charge in [0.05, 0.1) is 24.2 Å². The Bertz CT molecular complexity index is 675. The van der Waals surface area contributed by atoms with E-state index in [1.54, 1.807) is 0 Å². The molecule has 0 aromatic carbocycles. The smallest absolute Gasteiger partial charge is 0.337 e. The van der Waals surface area contributed by atoms with Crippen LogP contribution in [0.3, 0.4) is 0 Å². The monoisotopic (exact) mass is 468 g/mol. The average Bonchev–Trinajstić information content (AvgIpc) is 2.74. The van der Waals surface area contributed by atoms with Crippen molar-refractivity contribution in [2.45, 2.75) is 117 Å². The maximum atomic E-state index is 12.9. The van der Waals surface area contributed by atoms with Gasteiger partial charge in [-0.05, 0) is 46.7 Å². The van der Waals surface area contributed by atoms with Crippen LogP contribution in [0.25, 0.3) is 0 Å². The van der Waals surface area contributed by atoms with E-state index >= 15 is 0 Å². The van der Waals surface area contributed by atoms with Crippen LogP contribution in [0.5, 0.6) is 0 Å². The summed E-state index contributed by atoms with van der Waals surface area (Å²) >= 11 is 0. The van der Waals surface area contributed by atoms with Crippen LogP contribution < -0.4 is 0 Å². The minimum absolute atomic E-state index is 0.0541. The van der Waals surface area contributed by atoms with Gasteiger partial charge in [-0.3, -0.25) is 0 Å². The van der Waals surface area contributed by atoms with Crippen molar-refractivity contribution >= 4 is 22.6 Å². The highest BCUT2D eigenvalue weighted by molar-refractivity contribution is 6.78. The lowest BCUT2D eigenvalue weighted by molar-refractivity contribution is -0.136. The zero-order valence-corrected chi connectivity index (χ0v) is 24.4. The second-order valence-electron chi connectivity index (χ2n) is 11.7. The van der Waals surface area contributed by atoms with Gasteiger partial charge in [-0.25, -0.2) is 4.79 Å². The van der Waals surface area contributed by atoms with Crippen LogP contribution in [-0.4, -0.2) is 29.7 Å².